The molecule has 0 saturated carbocycles. The molecule has 0 radical (unpaired) electrons. The molecule has 0 spiro atoms. The summed E-state index contributed by atoms with van der Waals surface area (Å²) in [7, 11) is 1.24. The molecular formula is C16H11BrCl2O5. The maximum atomic E-state index is 11.9. The Balaban J connectivity index is 2.06. The summed E-state index contributed by atoms with van der Waals surface area (Å²) in [6, 6.07) is 9.21. The second kappa shape index (κ2) is 8.37. The van der Waals surface area contributed by atoms with E-state index in [-0.39, 0.29) is 16.3 Å². The molecule has 0 fully saturated rings. The first-order chi connectivity index (χ1) is 11.4. The van der Waals surface area contributed by atoms with Crippen molar-refractivity contribution in [1.29, 1.82) is 0 Å². The van der Waals surface area contributed by atoms with Crippen molar-refractivity contribution in [3.8, 4) is 11.5 Å². The van der Waals surface area contributed by atoms with Gasteiger partial charge in [0.15, 0.2) is 6.61 Å². The molecule has 8 heteroatoms. The first-order valence-electron chi connectivity index (χ1n) is 6.57. The van der Waals surface area contributed by atoms with Crippen LogP contribution in [0.2, 0.25) is 10.0 Å². The molecule has 0 atom stereocenters. The fourth-order valence-electron chi connectivity index (χ4n) is 1.74. The molecule has 5 nitrogen and oxygen atoms in total. The molecule has 0 unspecified atom stereocenters. The second-order valence-corrected chi connectivity index (χ2v) is 6.23. The molecular weight excluding hydrogens is 423 g/mol. The zero-order valence-electron chi connectivity index (χ0n) is 12.3. The maximum absolute atomic E-state index is 11.9. The van der Waals surface area contributed by atoms with Crippen LogP contribution in [0.15, 0.2) is 40.9 Å². The van der Waals surface area contributed by atoms with Gasteiger partial charge in [-0.05, 0) is 36.4 Å². The normalized spacial score (nSPS) is 10.2. The van der Waals surface area contributed by atoms with Crippen molar-refractivity contribution < 1.29 is 23.8 Å². The van der Waals surface area contributed by atoms with E-state index in [2.05, 4.69) is 20.7 Å². The first kappa shape index (κ1) is 18.6. The summed E-state index contributed by atoms with van der Waals surface area (Å²) < 4.78 is 15.7. The van der Waals surface area contributed by atoms with Gasteiger partial charge in [-0.15, -0.1) is 0 Å². The summed E-state index contributed by atoms with van der Waals surface area (Å²) in [4.78, 5) is 23.7. The van der Waals surface area contributed by atoms with Gasteiger partial charge in [0.2, 0.25) is 0 Å². The third kappa shape index (κ3) is 4.87. The van der Waals surface area contributed by atoms with Gasteiger partial charge < -0.3 is 14.2 Å². The van der Waals surface area contributed by atoms with Gasteiger partial charge in [-0.1, -0.05) is 39.1 Å². The largest absolute Gasteiger partial charge is 0.480 e. The van der Waals surface area contributed by atoms with E-state index in [1.807, 2.05) is 0 Å². The molecule has 2 aromatic carbocycles. The molecule has 0 aliphatic heterocycles. The Labute approximate surface area is 156 Å². The van der Waals surface area contributed by atoms with E-state index >= 15 is 0 Å². The standard InChI is InChI=1S/C16H11BrCl2O5/c1-22-16(21)11-6-9(17)2-4-13(11)24-15(20)8-23-14-5-3-10(18)7-12(14)19/h2-7H,8H2,1H3. The molecule has 0 bridgehead atoms. The Morgan fingerprint density at radius 2 is 1.79 bits per heavy atom. The molecule has 0 amide bonds. The van der Waals surface area contributed by atoms with Gasteiger partial charge >= 0.3 is 11.9 Å². The van der Waals surface area contributed by atoms with Gasteiger partial charge in [0.25, 0.3) is 0 Å². The number of ether oxygens (including phenoxy) is 3. The van der Waals surface area contributed by atoms with Gasteiger partial charge in [0.05, 0.1) is 12.1 Å². The summed E-state index contributed by atoms with van der Waals surface area (Å²) in [5.41, 5.74) is 0.116. The third-order valence-electron chi connectivity index (χ3n) is 2.81. The topological polar surface area (TPSA) is 61.8 Å². The molecule has 0 aromatic heterocycles. The SMILES string of the molecule is COC(=O)c1cc(Br)ccc1OC(=O)COc1ccc(Cl)cc1Cl. The molecule has 0 N–H and O–H groups in total. The first-order valence-corrected chi connectivity index (χ1v) is 8.12. The number of hydrogen-bond acceptors (Lipinski definition) is 5. The Morgan fingerprint density at radius 3 is 2.46 bits per heavy atom. The number of halogens is 3. The summed E-state index contributed by atoms with van der Waals surface area (Å²) in [6.45, 7) is -0.391. The van der Waals surface area contributed by atoms with Crippen LogP contribution in [0.5, 0.6) is 11.5 Å². The lowest BCUT2D eigenvalue weighted by molar-refractivity contribution is -0.136. The Hall–Kier alpha value is -1.76. The highest BCUT2D eigenvalue weighted by Gasteiger charge is 2.17. The Kier molecular flexibility index (Phi) is 6.48. The molecule has 126 valence electrons. The smallest absolute Gasteiger partial charge is 0.349 e. The van der Waals surface area contributed by atoms with E-state index in [1.54, 1.807) is 12.1 Å². The fourth-order valence-corrected chi connectivity index (χ4v) is 2.57. The van der Waals surface area contributed by atoms with Crippen LogP contribution in [0, 0.1) is 0 Å². The van der Waals surface area contributed by atoms with Crippen LogP contribution in [-0.2, 0) is 9.53 Å². The highest BCUT2D eigenvalue weighted by Crippen LogP contribution is 2.28. The van der Waals surface area contributed by atoms with Crippen LogP contribution < -0.4 is 9.47 Å². The van der Waals surface area contributed by atoms with Crippen LogP contribution in [0.1, 0.15) is 10.4 Å². The highest BCUT2D eigenvalue weighted by atomic mass is 79.9. The van der Waals surface area contributed by atoms with E-state index in [4.69, 9.17) is 32.7 Å². The minimum absolute atomic E-state index is 0.0702. The lowest BCUT2D eigenvalue weighted by atomic mass is 10.2. The second-order valence-electron chi connectivity index (χ2n) is 4.47. The van der Waals surface area contributed by atoms with Crippen molar-refractivity contribution in [2.24, 2.45) is 0 Å². The van der Waals surface area contributed by atoms with E-state index in [0.717, 1.165) is 0 Å². The third-order valence-corrected chi connectivity index (χ3v) is 3.83. The van der Waals surface area contributed by atoms with Crippen molar-refractivity contribution >= 4 is 51.1 Å². The average molecular weight is 434 g/mol. The number of carbonyl (C=O) groups excluding carboxylic acids is 2. The van der Waals surface area contributed by atoms with Crippen LogP contribution in [-0.4, -0.2) is 25.7 Å². The highest BCUT2D eigenvalue weighted by molar-refractivity contribution is 9.10. The van der Waals surface area contributed by atoms with Gasteiger partial charge in [0.1, 0.15) is 17.1 Å². The zero-order chi connectivity index (χ0) is 17.7. The molecule has 24 heavy (non-hydrogen) atoms. The number of esters is 2. The van der Waals surface area contributed by atoms with E-state index < -0.39 is 18.5 Å². The van der Waals surface area contributed by atoms with Crippen molar-refractivity contribution in [1.82, 2.24) is 0 Å². The predicted molar refractivity (Wildman–Crippen MR) is 93.1 cm³/mol. The summed E-state index contributed by atoms with van der Waals surface area (Å²) in [6.07, 6.45) is 0. The quantitative estimate of drug-likeness (QED) is 0.512. The Morgan fingerprint density at radius 1 is 1.08 bits per heavy atom. The van der Waals surface area contributed by atoms with Gasteiger partial charge in [-0.25, -0.2) is 9.59 Å². The van der Waals surface area contributed by atoms with Crippen LogP contribution in [0.3, 0.4) is 0 Å². The fraction of sp³-hybridized carbons (Fsp3) is 0.125. The number of hydrogen-bond donors (Lipinski definition) is 0. The number of benzene rings is 2. The predicted octanol–water partition coefficient (Wildman–Crippen LogP) is 4.53. The van der Waals surface area contributed by atoms with Gasteiger partial charge in [0, 0.05) is 9.50 Å². The van der Waals surface area contributed by atoms with E-state index in [1.165, 1.54) is 31.4 Å². The number of methoxy groups -OCH3 is 1. The molecule has 0 aliphatic rings. The minimum Gasteiger partial charge on any atom is -0.480 e. The average Bonchev–Trinajstić information content (AvgIpc) is 2.55. The van der Waals surface area contributed by atoms with Gasteiger partial charge in [-0.3, -0.25) is 0 Å². The summed E-state index contributed by atoms with van der Waals surface area (Å²) in [5, 5.41) is 0.724. The monoisotopic (exact) mass is 432 g/mol. The molecule has 2 aromatic rings. The lowest BCUT2D eigenvalue weighted by Crippen LogP contribution is -2.19. The summed E-state index contributed by atoms with van der Waals surface area (Å²) in [5.74, 6) is -0.961. The van der Waals surface area contributed by atoms with Crippen LogP contribution >= 0.6 is 39.1 Å². The Bertz CT molecular complexity index is 779. The maximum Gasteiger partial charge on any atom is 0.349 e. The lowest BCUT2D eigenvalue weighted by Gasteiger charge is -2.11. The van der Waals surface area contributed by atoms with Crippen LogP contribution in [0.4, 0.5) is 0 Å². The summed E-state index contributed by atoms with van der Waals surface area (Å²) >= 11 is 15.0. The number of rotatable bonds is 5. The van der Waals surface area contributed by atoms with E-state index in [9.17, 15) is 9.59 Å². The number of carbonyl (C=O) groups is 2. The van der Waals surface area contributed by atoms with Crippen molar-refractivity contribution in [2.45, 2.75) is 0 Å². The van der Waals surface area contributed by atoms with Crippen LogP contribution in [0.25, 0.3) is 0 Å². The van der Waals surface area contributed by atoms with Crippen molar-refractivity contribution in [3.05, 3.63) is 56.5 Å². The van der Waals surface area contributed by atoms with Crippen molar-refractivity contribution in [3.63, 3.8) is 0 Å². The van der Waals surface area contributed by atoms with Crippen molar-refractivity contribution in [2.75, 3.05) is 13.7 Å². The molecule has 0 aliphatic carbocycles. The molecule has 2 rings (SSSR count). The van der Waals surface area contributed by atoms with Gasteiger partial charge in [-0.2, -0.15) is 0 Å². The molecule has 0 heterocycles. The minimum atomic E-state index is -0.700. The molecule has 0 saturated heterocycles. The zero-order valence-corrected chi connectivity index (χ0v) is 15.4. The van der Waals surface area contributed by atoms with E-state index in [0.29, 0.717) is 15.2 Å².